The number of nitrogens with one attached hydrogen (secondary N) is 1. The summed E-state index contributed by atoms with van der Waals surface area (Å²) in [4.78, 5) is 0. The van der Waals surface area contributed by atoms with Crippen LogP contribution in [0.2, 0.25) is 0 Å². The standard InChI is InChI=1S/C11H10BrIN2O3S/c1-7-4-9(14-18-7)6-19(16,17)15-8-2-3-10(12)11(13)5-8/h2-5,15H,6H2,1H3. The van der Waals surface area contributed by atoms with E-state index in [2.05, 4.69) is 48.4 Å². The maximum atomic E-state index is 12.0. The van der Waals surface area contributed by atoms with Gasteiger partial charge in [-0.2, -0.15) is 0 Å². The zero-order valence-corrected chi connectivity index (χ0v) is 14.4. The summed E-state index contributed by atoms with van der Waals surface area (Å²) in [5.74, 6) is 0.375. The van der Waals surface area contributed by atoms with E-state index in [1.54, 1.807) is 31.2 Å². The van der Waals surface area contributed by atoms with E-state index >= 15 is 0 Å². The Bertz CT molecular complexity index is 700. The van der Waals surface area contributed by atoms with Gasteiger partial charge in [0.2, 0.25) is 10.0 Å². The average Bonchev–Trinajstić information content (AvgIpc) is 2.68. The van der Waals surface area contributed by atoms with Crippen molar-refractivity contribution in [1.29, 1.82) is 0 Å². The monoisotopic (exact) mass is 456 g/mol. The molecular formula is C11H10BrIN2O3S. The number of benzene rings is 1. The first-order valence-corrected chi connectivity index (χ1v) is 8.76. The quantitative estimate of drug-likeness (QED) is 0.716. The summed E-state index contributed by atoms with van der Waals surface area (Å²) < 4.78 is 33.1. The average molecular weight is 457 g/mol. The molecule has 5 nitrogen and oxygen atoms in total. The van der Waals surface area contributed by atoms with Gasteiger partial charge in [-0.1, -0.05) is 5.16 Å². The van der Waals surface area contributed by atoms with Crippen LogP contribution >= 0.6 is 38.5 Å². The minimum absolute atomic E-state index is 0.211. The Labute approximate surface area is 133 Å². The highest BCUT2D eigenvalue weighted by molar-refractivity contribution is 14.1. The van der Waals surface area contributed by atoms with Gasteiger partial charge in [-0.25, -0.2) is 8.42 Å². The van der Waals surface area contributed by atoms with E-state index in [1.165, 1.54) is 0 Å². The van der Waals surface area contributed by atoms with Gasteiger partial charge in [0.05, 0.1) is 0 Å². The molecule has 0 spiro atoms. The van der Waals surface area contributed by atoms with E-state index in [9.17, 15) is 8.42 Å². The van der Waals surface area contributed by atoms with Crippen molar-refractivity contribution in [3.05, 3.63) is 43.8 Å². The van der Waals surface area contributed by atoms with E-state index in [1.807, 2.05) is 0 Å². The molecule has 0 aliphatic heterocycles. The molecule has 2 aromatic rings. The van der Waals surface area contributed by atoms with E-state index in [4.69, 9.17) is 4.52 Å². The van der Waals surface area contributed by atoms with Crippen molar-refractivity contribution < 1.29 is 12.9 Å². The third-order valence-electron chi connectivity index (χ3n) is 2.21. The number of sulfonamides is 1. The minimum Gasteiger partial charge on any atom is -0.361 e. The Balaban J connectivity index is 2.14. The first-order valence-electron chi connectivity index (χ1n) is 5.23. The predicted octanol–water partition coefficient (Wildman–Crippen LogP) is 3.29. The van der Waals surface area contributed by atoms with Gasteiger partial charge < -0.3 is 4.52 Å². The molecule has 0 radical (unpaired) electrons. The number of nitrogens with zero attached hydrogens (tertiary/aromatic N) is 1. The molecule has 0 bridgehead atoms. The second kappa shape index (κ2) is 5.80. The summed E-state index contributed by atoms with van der Waals surface area (Å²) in [5.41, 5.74) is 0.907. The molecule has 0 fully saturated rings. The summed E-state index contributed by atoms with van der Waals surface area (Å²) in [6.45, 7) is 1.72. The SMILES string of the molecule is Cc1cc(CS(=O)(=O)Nc2ccc(Br)c(I)c2)no1. The number of hydrogen-bond donors (Lipinski definition) is 1. The van der Waals surface area contributed by atoms with Crippen molar-refractivity contribution in [2.45, 2.75) is 12.7 Å². The second-order valence-electron chi connectivity index (χ2n) is 3.92. The van der Waals surface area contributed by atoms with Crippen LogP contribution in [0.15, 0.2) is 33.3 Å². The maximum Gasteiger partial charge on any atom is 0.238 e. The van der Waals surface area contributed by atoms with Crippen LogP contribution in [0, 0.1) is 10.5 Å². The van der Waals surface area contributed by atoms with Gasteiger partial charge in [-0.15, -0.1) is 0 Å². The van der Waals surface area contributed by atoms with E-state index in [0.29, 0.717) is 17.1 Å². The normalized spacial score (nSPS) is 11.5. The lowest BCUT2D eigenvalue weighted by Crippen LogP contribution is -2.15. The molecule has 0 saturated carbocycles. The fourth-order valence-corrected chi connectivity index (χ4v) is 3.30. The van der Waals surface area contributed by atoms with Crippen molar-refractivity contribution in [3.63, 3.8) is 0 Å². The van der Waals surface area contributed by atoms with Crippen LogP contribution in [0.4, 0.5) is 5.69 Å². The van der Waals surface area contributed by atoms with Gasteiger partial charge in [0.25, 0.3) is 0 Å². The van der Waals surface area contributed by atoms with Crippen molar-refractivity contribution in [2.24, 2.45) is 0 Å². The molecule has 2 rings (SSSR count). The van der Waals surface area contributed by atoms with Crippen molar-refractivity contribution in [3.8, 4) is 0 Å². The smallest absolute Gasteiger partial charge is 0.238 e. The van der Waals surface area contributed by atoms with Crippen LogP contribution in [0.25, 0.3) is 0 Å². The maximum absolute atomic E-state index is 12.0. The Hall–Kier alpha value is -0.610. The number of aryl methyl sites for hydroxylation is 1. The molecule has 1 aromatic heterocycles. The largest absolute Gasteiger partial charge is 0.361 e. The lowest BCUT2D eigenvalue weighted by atomic mass is 10.3. The van der Waals surface area contributed by atoms with Crippen LogP contribution in [0.5, 0.6) is 0 Å². The number of aromatic nitrogens is 1. The van der Waals surface area contributed by atoms with Crippen LogP contribution in [0.1, 0.15) is 11.5 Å². The zero-order valence-electron chi connectivity index (χ0n) is 9.85. The molecule has 102 valence electrons. The topological polar surface area (TPSA) is 72.2 Å². The Morgan fingerprint density at radius 3 is 2.74 bits per heavy atom. The molecule has 0 unspecified atom stereocenters. The Morgan fingerprint density at radius 2 is 2.16 bits per heavy atom. The summed E-state index contributed by atoms with van der Waals surface area (Å²) in [7, 11) is -3.50. The fraction of sp³-hybridized carbons (Fsp3) is 0.182. The van der Waals surface area contributed by atoms with Crippen molar-refractivity contribution >= 4 is 54.2 Å². The Kier molecular flexibility index (Phi) is 4.51. The lowest BCUT2D eigenvalue weighted by molar-refractivity contribution is 0.392. The molecule has 1 heterocycles. The molecule has 1 aromatic carbocycles. The van der Waals surface area contributed by atoms with Gasteiger partial charge in [-0.3, -0.25) is 4.72 Å². The minimum atomic E-state index is -3.50. The third-order valence-corrected chi connectivity index (χ3v) is 5.76. The van der Waals surface area contributed by atoms with Gasteiger partial charge in [-0.05, 0) is 63.6 Å². The number of anilines is 1. The number of rotatable bonds is 4. The highest BCUT2D eigenvalue weighted by Gasteiger charge is 2.15. The molecular weight excluding hydrogens is 447 g/mol. The van der Waals surface area contributed by atoms with Crippen LogP contribution in [-0.2, 0) is 15.8 Å². The van der Waals surface area contributed by atoms with Crippen LogP contribution in [-0.4, -0.2) is 13.6 Å². The fourth-order valence-electron chi connectivity index (χ4n) is 1.46. The number of halogens is 2. The third kappa shape index (κ3) is 4.18. The summed E-state index contributed by atoms with van der Waals surface area (Å²) in [6, 6.07) is 6.83. The van der Waals surface area contributed by atoms with Gasteiger partial charge in [0.15, 0.2) is 0 Å². The van der Waals surface area contributed by atoms with Gasteiger partial charge in [0.1, 0.15) is 17.2 Å². The highest BCUT2D eigenvalue weighted by atomic mass is 127. The highest BCUT2D eigenvalue weighted by Crippen LogP contribution is 2.23. The molecule has 19 heavy (non-hydrogen) atoms. The summed E-state index contributed by atoms with van der Waals surface area (Å²) in [5, 5.41) is 3.67. The van der Waals surface area contributed by atoms with Crippen molar-refractivity contribution in [1.82, 2.24) is 5.16 Å². The predicted molar refractivity (Wildman–Crippen MR) is 84.3 cm³/mol. The van der Waals surface area contributed by atoms with E-state index < -0.39 is 10.0 Å². The lowest BCUT2D eigenvalue weighted by Gasteiger charge is -2.07. The summed E-state index contributed by atoms with van der Waals surface area (Å²) in [6.07, 6.45) is 0. The molecule has 0 amide bonds. The first kappa shape index (κ1) is 14.8. The zero-order chi connectivity index (χ0) is 14.0. The summed E-state index contributed by atoms with van der Waals surface area (Å²) >= 11 is 5.48. The molecule has 0 saturated heterocycles. The first-order chi connectivity index (χ1) is 8.85. The number of hydrogen-bond acceptors (Lipinski definition) is 4. The molecule has 8 heteroatoms. The van der Waals surface area contributed by atoms with Gasteiger partial charge in [0, 0.05) is 19.8 Å². The second-order valence-corrected chi connectivity index (χ2v) is 7.66. The van der Waals surface area contributed by atoms with Crippen LogP contribution < -0.4 is 4.72 Å². The van der Waals surface area contributed by atoms with E-state index in [-0.39, 0.29) is 5.75 Å². The van der Waals surface area contributed by atoms with E-state index in [0.717, 1.165) is 8.04 Å². The Morgan fingerprint density at radius 1 is 1.42 bits per heavy atom. The molecule has 0 aliphatic rings. The molecule has 0 aliphatic carbocycles. The van der Waals surface area contributed by atoms with Gasteiger partial charge >= 0.3 is 0 Å². The van der Waals surface area contributed by atoms with Crippen molar-refractivity contribution in [2.75, 3.05) is 4.72 Å². The molecule has 0 atom stereocenters. The van der Waals surface area contributed by atoms with Crippen LogP contribution in [0.3, 0.4) is 0 Å². The molecule has 1 N–H and O–H groups in total.